The Balaban J connectivity index is 2.82. The van der Waals surface area contributed by atoms with Crippen LogP contribution < -0.4 is 14.9 Å². The first kappa shape index (κ1) is 28.9. The zero-order valence-electron chi connectivity index (χ0n) is 22.2. The summed E-state index contributed by atoms with van der Waals surface area (Å²) < 4.78 is 22.6. The molecule has 2 atom stereocenters. The molecule has 2 N–H and O–H groups in total. The smallest absolute Gasteiger partial charge is 0.338 e. The van der Waals surface area contributed by atoms with Crippen molar-refractivity contribution in [3.63, 3.8) is 0 Å². The Kier molecular flexibility index (Phi) is 8.51. The summed E-state index contributed by atoms with van der Waals surface area (Å²) >= 11 is 4.80. The Morgan fingerprint density at radius 1 is 1.20 bits per heavy atom. The second-order valence-corrected chi connectivity index (χ2v) is 15.8. The summed E-state index contributed by atoms with van der Waals surface area (Å²) in [6, 6.07) is 1.72. The maximum absolute atomic E-state index is 13.1. The fraction of sp³-hybridized carbons (Fsp3) is 0.583. The standard InChI is InChI=1S/C24H37N3O6SSi/c1-13-17(30-7)11-18(33-35(9,10)23(4,5)6)20(19(13)22(29)31-8)24(25,34)12-16(14(2)28)21-26-15(3)27-32-21/h11,16,34H,12,25H2,1-10H3. The minimum atomic E-state index is -2.40. The molecule has 0 bridgehead atoms. The molecular formula is C24H37N3O6SSi. The maximum Gasteiger partial charge on any atom is 0.338 e. The Bertz CT molecular complexity index is 1110. The first-order valence-electron chi connectivity index (χ1n) is 11.3. The molecule has 1 heterocycles. The summed E-state index contributed by atoms with van der Waals surface area (Å²) in [7, 11) is 0.396. The Labute approximate surface area is 213 Å². The van der Waals surface area contributed by atoms with Gasteiger partial charge in [0.25, 0.3) is 0 Å². The molecule has 2 aromatic rings. The number of ketones is 1. The van der Waals surface area contributed by atoms with Gasteiger partial charge in [-0.3, -0.25) is 4.79 Å². The van der Waals surface area contributed by atoms with Crippen LogP contribution in [0.2, 0.25) is 18.1 Å². The number of hydrogen-bond donors (Lipinski definition) is 2. The lowest BCUT2D eigenvalue weighted by molar-refractivity contribution is -0.119. The number of carbonyl (C=O) groups is 2. The fourth-order valence-corrected chi connectivity index (χ4v) is 4.94. The van der Waals surface area contributed by atoms with E-state index < -0.39 is 25.1 Å². The molecule has 0 aliphatic rings. The lowest BCUT2D eigenvalue weighted by atomic mass is 9.87. The molecule has 11 heteroatoms. The first-order valence-corrected chi connectivity index (χ1v) is 14.6. The number of rotatable bonds is 9. The molecule has 35 heavy (non-hydrogen) atoms. The predicted molar refractivity (Wildman–Crippen MR) is 139 cm³/mol. The van der Waals surface area contributed by atoms with Crippen molar-refractivity contribution in [1.82, 2.24) is 10.1 Å². The summed E-state index contributed by atoms with van der Waals surface area (Å²) in [4.78, 5) is 28.4. The number of methoxy groups -OCH3 is 2. The van der Waals surface area contributed by atoms with Crippen molar-refractivity contribution in [2.45, 2.75) is 76.9 Å². The molecule has 0 fully saturated rings. The minimum Gasteiger partial charge on any atom is -0.543 e. The van der Waals surface area contributed by atoms with E-state index in [4.69, 9.17) is 36.8 Å². The van der Waals surface area contributed by atoms with Crippen LogP contribution in [0.3, 0.4) is 0 Å². The van der Waals surface area contributed by atoms with Crippen LogP contribution in [0.4, 0.5) is 0 Å². The van der Waals surface area contributed by atoms with Crippen LogP contribution in [0.5, 0.6) is 11.5 Å². The number of benzene rings is 1. The van der Waals surface area contributed by atoms with Gasteiger partial charge in [0.05, 0.1) is 30.6 Å². The summed E-state index contributed by atoms with van der Waals surface area (Å²) in [6.07, 6.45) is -0.0310. The van der Waals surface area contributed by atoms with Gasteiger partial charge in [-0.25, -0.2) is 4.79 Å². The van der Waals surface area contributed by atoms with Crippen LogP contribution in [0, 0.1) is 13.8 Å². The van der Waals surface area contributed by atoms with Gasteiger partial charge in [-0.2, -0.15) is 17.6 Å². The second-order valence-electron chi connectivity index (χ2n) is 10.3. The fourth-order valence-electron chi connectivity index (χ4n) is 3.51. The van der Waals surface area contributed by atoms with Crippen LogP contribution in [-0.4, -0.2) is 44.4 Å². The molecular weight excluding hydrogens is 486 g/mol. The summed E-state index contributed by atoms with van der Waals surface area (Å²) in [6.45, 7) is 15.3. The third kappa shape index (κ3) is 6.07. The number of hydrogen-bond acceptors (Lipinski definition) is 10. The zero-order valence-corrected chi connectivity index (χ0v) is 24.1. The number of nitrogens with two attached hydrogens (primary N) is 1. The van der Waals surface area contributed by atoms with Crippen molar-refractivity contribution in [2.24, 2.45) is 5.73 Å². The van der Waals surface area contributed by atoms with E-state index in [9.17, 15) is 9.59 Å². The highest BCUT2D eigenvalue weighted by Gasteiger charge is 2.44. The number of esters is 1. The molecule has 1 aromatic heterocycles. The average molecular weight is 524 g/mol. The number of ether oxygens (including phenoxy) is 2. The maximum atomic E-state index is 13.1. The van der Waals surface area contributed by atoms with E-state index in [1.807, 2.05) is 0 Å². The van der Waals surface area contributed by atoms with E-state index in [-0.39, 0.29) is 28.7 Å². The highest BCUT2D eigenvalue weighted by Crippen LogP contribution is 2.47. The number of Topliss-reactive ketones (excluding diaryl/α,β-unsaturated/α-hetero) is 1. The van der Waals surface area contributed by atoms with Crippen molar-refractivity contribution < 1.29 is 28.0 Å². The summed E-state index contributed by atoms with van der Waals surface area (Å²) in [5.41, 5.74) is 7.83. The average Bonchev–Trinajstić information content (AvgIpc) is 3.16. The number of nitrogens with zero attached hydrogens (tertiary/aromatic N) is 2. The molecule has 194 valence electrons. The van der Waals surface area contributed by atoms with Gasteiger partial charge in [0.15, 0.2) is 5.82 Å². The quantitative estimate of drug-likeness (QED) is 0.209. The van der Waals surface area contributed by atoms with E-state index in [1.165, 1.54) is 21.1 Å². The van der Waals surface area contributed by atoms with Crippen LogP contribution >= 0.6 is 12.6 Å². The second kappa shape index (κ2) is 10.3. The lowest BCUT2D eigenvalue weighted by Gasteiger charge is -2.39. The van der Waals surface area contributed by atoms with Crippen molar-refractivity contribution in [3.8, 4) is 11.5 Å². The Morgan fingerprint density at radius 3 is 2.23 bits per heavy atom. The molecule has 0 spiro atoms. The molecule has 0 aliphatic heterocycles. The molecule has 0 amide bonds. The summed E-state index contributed by atoms with van der Waals surface area (Å²) in [5, 5.41) is 3.65. The van der Waals surface area contributed by atoms with Gasteiger partial charge in [-0.1, -0.05) is 25.9 Å². The third-order valence-electron chi connectivity index (χ3n) is 6.56. The van der Waals surface area contributed by atoms with Gasteiger partial charge < -0.3 is 24.2 Å². The highest BCUT2D eigenvalue weighted by atomic mass is 32.1. The van der Waals surface area contributed by atoms with Crippen LogP contribution in [0.25, 0.3) is 0 Å². The molecule has 0 saturated carbocycles. The SMILES string of the molecule is COC(=O)c1c(C)c(OC)cc(O[Si](C)(C)C(C)(C)C)c1C(N)(S)CC(C(C)=O)c1nc(C)no1. The number of aryl methyl sites for hydroxylation is 1. The van der Waals surface area contributed by atoms with E-state index in [2.05, 4.69) is 44.0 Å². The molecule has 2 rings (SSSR count). The topological polar surface area (TPSA) is 127 Å². The van der Waals surface area contributed by atoms with Gasteiger partial charge in [0, 0.05) is 17.2 Å². The van der Waals surface area contributed by atoms with Gasteiger partial charge in [0.1, 0.15) is 17.3 Å². The first-order chi connectivity index (χ1) is 16.0. The third-order valence-corrected chi connectivity index (χ3v) is 11.3. The largest absolute Gasteiger partial charge is 0.543 e. The molecule has 9 nitrogen and oxygen atoms in total. The number of thiol groups is 1. The van der Waals surface area contributed by atoms with E-state index in [0.717, 1.165) is 0 Å². The van der Waals surface area contributed by atoms with Crippen LogP contribution in [0.15, 0.2) is 10.6 Å². The number of aromatic nitrogens is 2. The van der Waals surface area contributed by atoms with E-state index >= 15 is 0 Å². The monoisotopic (exact) mass is 523 g/mol. The number of carbonyl (C=O) groups excluding carboxylic acids is 2. The zero-order chi connectivity index (χ0) is 26.9. The van der Waals surface area contributed by atoms with Gasteiger partial charge in [-0.15, -0.1) is 0 Å². The van der Waals surface area contributed by atoms with Gasteiger partial charge >= 0.3 is 5.97 Å². The molecule has 0 saturated heterocycles. The van der Waals surface area contributed by atoms with Gasteiger partial charge in [-0.05, 0) is 45.3 Å². The normalized spacial score (nSPS) is 14.7. The molecule has 1 aromatic carbocycles. The molecule has 0 radical (unpaired) electrons. The van der Waals surface area contributed by atoms with Gasteiger partial charge in [0.2, 0.25) is 14.2 Å². The van der Waals surface area contributed by atoms with Crippen molar-refractivity contribution in [2.75, 3.05) is 14.2 Å². The Morgan fingerprint density at radius 2 is 1.80 bits per heavy atom. The highest BCUT2D eigenvalue weighted by molar-refractivity contribution is 7.81. The minimum absolute atomic E-state index is 0.0310. The Hall–Kier alpha value is -2.37. The van der Waals surface area contributed by atoms with Crippen LogP contribution in [-0.2, 0) is 14.4 Å². The predicted octanol–water partition coefficient (Wildman–Crippen LogP) is 4.67. The molecule has 2 unspecified atom stereocenters. The van der Waals surface area contributed by atoms with Crippen molar-refractivity contribution >= 4 is 32.7 Å². The lowest BCUT2D eigenvalue weighted by Crippen LogP contribution is -2.45. The van der Waals surface area contributed by atoms with Crippen molar-refractivity contribution in [1.29, 1.82) is 0 Å². The molecule has 0 aliphatic carbocycles. The van der Waals surface area contributed by atoms with E-state index in [0.29, 0.717) is 28.5 Å². The van der Waals surface area contributed by atoms with Crippen LogP contribution in [0.1, 0.15) is 73.2 Å². The van der Waals surface area contributed by atoms with E-state index in [1.54, 1.807) is 19.9 Å². The summed E-state index contributed by atoms with van der Waals surface area (Å²) in [5.74, 6) is -0.348. The van der Waals surface area contributed by atoms with Crippen molar-refractivity contribution in [3.05, 3.63) is 34.5 Å².